The normalized spacial score (nSPS) is 22.4. The topological polar surface area (TPSA) is 68.5 Å². The third kappa shape index (κ3) is 3.06. The van der Waals surface area contributed by atoms with E-state index in [1.807, 2.05) is 23.1 Å². The maximum atomic E-state index is 13.2. The molecule has 2 aromatic rings. The standard InChI is InChI=1S/C18H21N3O3/c1-12-19-20-17(24-12)15-11-21(9-10-23-15)18(22)16(14-7-8-14)13-5-3-2-4-6-13/h2-6,14-16H,7-11H2,1H3/t15-,16+/m0/s1. The fourth-order valence-corrected chi connectivity index (χ4v) is 3.34. The molecule has 6 heteroatoms. The Balaban J connectivity index is 1.52. The zero-order chi connectivity index (χ0) is 16.5. The van der Waals surface area contributed by atoms with Gasteiger partial charge in [0.2, 0.25) is 17.7 Å². The molecule has 1 saturated heterocycles. The maximum Gasteiger partial charge on any atom is 0.246 e. The molecule has 2 heterocycles. The van der Waals surface area contributed by atoms with Gasteiger partial charge in [0.05, 0.1) is 19.1 Å². The molecule has 0 radical (unpaired) electrons. The number of ether oxygens (including phenoxy) is 1. The monoisotopic (exact) mass is 327 g/mol. The van der Waals surface area contributed by atoms with Crippen LogP contribution in [0, 0.1) is 12.8 Å². The Hall–Kier alpha value is -2.21. The fraction of sp³-hybridized carbons (Fsp3) is 0.500. The Bertz CT molecular complexity index is 711. The van der Waals surface area contributed by atoms with Gasteiger partial charge in [-0.2, -0.15) is 0 Å². The number of morpholine rings is 1. The molecule has 2 fully saturated rings. The predicted molar refractivity (Wildman–Crippen MR) is 86.2 cm³/mol. The highest BCUT2D eigenvalue weighted by Gasteiger charge is 2.41. The molecule has 6 nitrogen and oxygen atoms in total. The van der Waals surface area contributed by atoms with Crippen LogP contribution in [0.15, 0.2) is 34.7 Å². The molecule has 1 saturated carbocycles. The zero-order valence-corrected chi connectivity index (χ0v) is 13.7. The Morgan fingerprint density at radius 1 is 1.25 bits per heavy atom. The van der Waals surface area contributed by atoms with E-state index in [9.17, 15) is 4.79 Å². The number of nitrogens with zero attached hydrogens (tertiary/aromatic N) is 3. The van der Waals surface area contributed by atoms with Crippen LogP contribution in [0.2, 0.25) is 0 Å². The molecular weight excluding hydrogens is 306 g/mol. The Morgan fingerprint density at radius 2 is 2.04 bits per heavy atom. The molecule has 1 aliphatic heterocycles. The van der Waals surface area contributed by atoms with Gasteiger partial charge < -0.3 is 14.1 Å². The van der Waals surface area contributed by atoms with Crippen LogP contribution in [-0.2, 0) is 9.53 Å². The van der Waals surface area contributed by atoms with Crippen LogP contribution in [-0.4, -0.2) is 40.7 Å². The minimum Gasteiger partial charge on any atom is -0.423 e. The fourth-order valence-electron chi connectivity index (χ4n) is 3.34. The van der Waals surface area contributed by atoms with E-state index in [0.717, 1.165) is 18.4 Å². The van der Waals surface area contributed by atoms with Crippen molar-refractivity contribution >= 4 is 5.91 Å². The molecule has 2 aliphatic rings. The third-order valence-corrected chi connectivity index (χ3v) is 4.71. The number of benzene rings is 1. The van der Waals surface area contributed by atoms with E-state index in [1.165, 1.54) is 0 Å². The van der Waals surface area contributed by atoms with E-state index in [1.54, 1.807) is 6.92 Å². The summed E-state index contributed by atoms with van der Waals surface area (Å²) in [4.78, 5) is 15.1. The molecule has 1 aliphatic carbocycles. The molecule has 0 bridgehead atoms. The van der Waals surface area contributed by atoms with Crippen molar-refractivity contribution in [2.24, 2.45) is 5.92 Å². The Labute approximate surface area is 140 Å². The summed E-state index contributed by atoms with van der Waals surface area (Å²) in [7, 11) is 0. The van der Waals surface area contributed by atoms with E-state index < -0.39 is 0 Å². The van der Waals surface area contributed by atoms with Crippen molar-refractivity contribution in [3.63, 3.8) is 0 Å². The lowest BCUT2D eigenvalue weighted by Crippen LogP contribution is -2.44. The van der Waals surface area contributed by atoms with E-state index in [4.69, 9.17) is 9.15 Å². The summed E-state index contributed by atoms with van der Waals surface area (Å²) >= 11 is 0. The molecule has 24 heavy (non-hydrogen) atoms. The Kier molecular flexibility index (Phi) is 4.06. The van der Waals surface area contributed by atoms with Gasteiger partial charge in [0.1, 0.15) is 0 Å². The predicted octanol–water partition coefficient (Wildman–Crippen LogP) is 2.47. The molecule has 0 unspecified atom stereocenters. The highest BCUT2D eigenvalue weighted by atomic mass is 16.5. The number of hydrogen-bond acceptors (Lipinski definition) is 5. The second-order valence-corrected chi connectivity index (χ2v) is 6.53. The summed E-state index contributed by atoms with van der Waals surface area (Å²) in [6.45, 7) is 3.32. The first-order valence-electron chi connectivity index (χ1n) is 8.47. The molecule has 1 aromatic heterocycles. The Morgan fingerprint density at radius 3 is 2.71 bits per heavy atom. The van der Waals surface area contributed by atoms with E-state index >= 15 is 0 Å². The van der Waals surface area contributed by atoms with Crippen molar-refractivity contribution in [1.82, 2.24) is 15.1 Å². The van der Waals surface area contributed by atoms with Gasteiger partial charge in [0.15, 0.2) is 6.10 Å². The summed E-state index contributed by atoms with van der Waals surface area (Å²) in [6.07, 6.45) is 1.92. The number of aryl methyl sites for hydroxylation is 1. The first-order chi connectivity index (χ1) is 11.7. The number of amides is 1. The highest BCUT2D eigenvalue weighted by molar-refractivity contribution is 5.84. The summed E-state index contributed by atoms with van der Waals surface area (Å²) in [5.74, 6) is 1.57. The highest BCUT2D eigenvalue weighted by Crippen LogP contribution is 2.44. The number of carbonyl (C=O) groups is 1. The van der Waals surface area contributed by atoms with Gasteiger partial charge in [-0.15, -0.1) is 10.2 Å². The second kappa shape index (κ2) is 6.36. The number of aromatic nitrogens is 2. The molecule has 0 N–H and O–H groups in total. The lowest BCUT2D eigenvalue weighted by molar-refractivity contribution is -0.142. The van der Waals surface area contributed by atoms with Crippen LogP contribution in [0.1, 0.15) is 42.2 Å². The molecule has 4 rings (SSSR count). The largest absolute Gasteiger partial charge is 0.423 e. The SMILES string of the molecule is Cc1nnc([C@@H]2CN(C(=O)[C@H](c3ccccc3)C3CC3)CCO2)o1. The lowest BCUT2D eigenvalue weighted by Gasteiger charge is -2.34. The average molecular weight is 327 g/mol. The van der Waals surface area contributed by atoms with Crippen molar-refractivity contribution in [1.29, 1.82) is 0 Å². The van der Waals surface area contributed by atoms with Crippen molar-refractivity contribution in [2.45, 2.75) is 31.8 Å². The van der Waals surface area contributed by atoms with Crippen LogP contribution in [0.4, 0.5) is 0 Å². The molecule has 126 valence electrons. The van der Waals surface area contributed by atoms with Crippen LogP contribution >= 0.6 is 0 Å². The van der Waals surface area contributed by atoms with Gasteiger partial charge in [-0.1, -0.05) is 30.3 Å². The van der Waals surface area contributed by atoms with E-state index in [-0.39, 0.29) is 17.9 Å². The van der Waals surface area contributed by atoms with Crippen molar-refractivity contribution in [2.75, 3.05) is 19.7 Å². The van der Waals surface area contributed by atoms with Gasteiger partial charge in [-0.05, 0) is 24.3 Å². The van der Waals surface area contributed by atoms with Crippen LogP contribution < -0.4 is 0 Å². The third-order valence-electron chi connectivity index (χ3n) is 4.71. The van der Waals surface area contributed by atoms with Crippen LogP contribution in [0.3, 0.4) is 0 Å². The van der Waals surface area contributed by atoms with Gasteiger partial charge >= 0.3 is 0 Å². The zero-order valence-electron chi connectivity index (χ0n) is 13.7. The van der Waals surface area contributed by atoms with Gasteiger partial charge in [-0.3, -0.25) is 4.79 Å². The summed E-state index contributed by atoms with van der Waals surface area (Å²) < 4.78 is 11.2. The molecule has 1 aromatic carbocycles. The van der Waals surface area contributed by atoms with E-state index in [2.05, 4.69) is 22.3 Å². The van der Waals surface area contributed by atoms with Gasteiger partial charge in [-0.25, -0.2) is 0 Å². The van der Waals surface area contributed by atoms with E-state index in [0.29, 0.717) is 37.4 Å². The number of carbonyl (C=O) groups excluding carboxylic acids is 1. The minimum absolute atomic E-state index is 0.0469. The van der Waals surface area contributed by atoms with Crippen molar-refractivity contribution in [3.8, 4) is 0 Å². The summed E-state index contributed by atoms with van der Waals surface area (Å²) in [5.41, 5.74) is 1.11. The maximum absolute atomic E-state index is 13.2. The molecule has 2 atom stereocenters. The first kappa shape index (κ1) is 15.3. The number of rotatable bonds is 4. The second-order valence-electron chi connectivity index (χ2n) is 6.53. The molecule has 1 amide bonds. The number of hydrogen-bond donors (Lipinski definition) is 0. The van der Waals surface area contributed by atoms with Crippen molar-refractivity contribution < 1.29 is 13.9 Å². The van der Waals surface area contributed by atoms with Crippen LogP contribution in [0.5, 0.6) is 0 Å². The summed E-state index contributed by atoms with van der Waals surface area (Å²) in [6, 6.07) is 10.1. The lowest BCUT2D eigenvalue weighted by atomic mass is 9.92. The first-order valence-corrected chi connectivity index (χ1v) is 8.47. The summed E-state index contributed by atoms with van der Waals surface area (Å²) in [5, 5.41) is 7.89. The molecular formula is C18H21N3O3. The van der Waals surface area contributed by atoms with Gasteiger partial charge in [0, 0.05) is 13.5 Å². The average Bonchev–Trinajstić information content (AvgIpc) is 3.35. The van der Waals surface area contributed by atoms with Crippen molar-refractivity contribution in [3.05, 3.63) is 47.7 Å². The van der Waals surface area contributed by atoms with Gasteiger partial charge in [0.25, 0.3) is 0 Å². The smallest absolute Gasteiger partial charge is 0.246 e. The molecule has 0 spiro atoms. The minimum atomic E-state index is -0.334. The quantitative estimate of drug-likeness (QED) is 0.863. The van der Waals surface area contributed by atoms with Crippen LogP contribution in [0.25, 0.3) is 0 Å².